The van der Waals surface area contributed by atoms with E-state index in [9.17, 15) is 0 Å². The van der Waals surface area contributed by atoms with Crippen molar-refractivity contribution in [3.8, 4) is 0 Å². The van der Waals surface area contributed by atoms with Crippen LogP contribution in [0, 0.1) is 0 Å². The summed E-state index contributed by atoms with van der Waals surface area (Å²) in [5.74, 6) is 1.57. The fraction of sp³-hybridized carbons (Fsp3) is 0.800. The molecule has 0 aliphatic carbocycles. The Kier molecular flexibility index (Phi) is 3.36. The third-order valence-corrected chi connectivity index (χ3v) is 3.93. The van der Waals surface area contributed by atoms with Crippen molar-refractivity contribution >= 4 is 21.8 Å². The zero-order valence-electron chi connectivity index (χ0n) is 10.4. The third-order valence-electron chi connectivity index (χ3n) is 3.41. The van der Waals surface area contributed by atoms with Crippen molar-refractivity contribution < 1.29 is 4.25 Å². The molecule has 1 fully saturated rings. The number of nitrogens with zero attached hydrogens (tertiary/aromatic N) is 3. The van der Waals surface area contributed by atoms with E-state index in [2.05, 4.69) is 45.3 Å². The Bertz CT molecular complexity index is 353. The van der Waals surface area contributed by atoms with Gasteiger partial charge in [-0.25, -0.2) is 4.98 Å². The molecule has 1 aromatic rings. The maximum Gasteiger partial charge on any atom is 0.218 e. The van der Waals surface area contributed by atoms with E-state index < -0.39 is 0 Å². The molecule has 0 aromatic carbocycles. The number of rotatable bonds is 2. The van der Waals surface area contributed by atoms with Crippen LogP contribution >= 0.6 is 9.39 Å². The Labute approximate surface area is 100 Å². The Morgan fingerprint density at radius 1 is 1.38 bits per heavy atom. The van der Waals surface area contributed by atoms with E-state index in [0.717, 1.165) is 15.8 Å². The first kappa shape index (κ1) is 12.1. The summed E-state index contributed by atoms with van der Waals surface area (Å²) in [6.45, 7) is 7.11. The van der Waals surface area contributed by atoms with Crippen LogP contribution in [0.1, 0.15) is 24.6 Å². The van der Waals surface area contributed by atoms with Crippen LogP contribution in [0.25, 0.3) is 0 Å². The van der Waals surface area contributed by atoms with Gasteiger partial charge in [-0.2, -0.15) is 5.10 Å². The Balaban J connectivity index is 2.03. The number of nitrogens with one attached hydrogen (secondary N) is 1. The summed E-state index contributed by atoms with van der Waals surface area (Å²) >= 11 is 0. The predicted octanol–water partition coefficient (Wildman–Crippen LogP) is 0.880. The van der Waals surface area contributed by atoms with Gasteiger partial charge in [-0.1, -0.05) is 13.6 Å². The third kappa shape index (κ3) is 2.64. The van der Waals surface area contributed by atoms with Gasteiger partial charge in [0.1, 0.15) is 0 Å². The van der Waals surface area contributed by atoms with Crippen LogP contribution in [0.5, 0.6) is 0 Å². The first-order chi connectivity index (χ1) is 7.48. The number of likely N-dealkylation sites (tertiary alicyclic amines) is 1. The lowest BCUT2D eigenvalue weighted by Gasteiger charge is -2.35. The van der Waals surface area contributed by atoms with Crippen LogP contribution in [0.15, 0.2) is 0 Å². The largest absolute Gasteiger partial charge is 0.317 e. The summed E-state index contributed by atoms with van der Waals surface area (Å²) in [4.78, 5) is 4.60. The normalized spacial score (nSPS) is 30.4. The molecule has 1 aromatic heterocycles. The average Bonchev–Trinajstić information content (AvgIpc) is 2.66. The molecule has 4 nitrogen and oxygen atoms in total. The summed E-state index contributed by atoms with van der Waals surface area (Å²) < 4.78 is 1.05. The van der Waals surface area contributed by atoms with Crippen LogP contribution in [0.3, 0.4) is 0 Å². The van der Waals surface area contributed by atoms with Crippen molar-refractivity contribution in [2.24, 2.45) is 0 Å². The van der Waals surface area contributed by atoms with Gasteiger partial charge in [0, 0.05) is 18.8 Å². The molecule has 1 aliphatic heterocycles. The molecular formula is C10H21BN4P+. The second kappa shape index (κ2) is 4.46. The average molecular weight is 239 g/mol. The minimum absolute atomic E-state index is 0.438. The molecule has 0 spiro atoms. The van der Waals surface area contributed by atoms with Crippen LogP contribution in [0.2, 0.25) is 13.6 Å². The molecule has 1 saturated heterocycles. The molecule has 0 amide bonds. The summed E-state index contributed by atoms with van der Waals surface area (Å²) in [5.41, 5.74) is 1.02. The topological polar surface area (TPSA) is 41.6 Å². The van der Waals surface area contributed by atoms with Crippen LogP contribution in [-0.4, -0.2) is 46.3 Å². The fourth-order valence-electron chi connectivity index (χ4n) is 2.14. The fourth-order valence-corrected chi connectivity index (χ4v) is 2.44. The number of aromatic nitrogens is 3. The molecule has 6 heteroatoms. The molecule has 0 bridgehead atoms. The van der Waals surface area contributed by atoms with E-state index >= 15 is 0 Å². The van der Waals surface area contributed by atoms with Crippen molar-refractivity contribution in [2.45, 2.75) is 32.4 Å². The van der Waals surface area contributed by atoms with Gasteiger partial charge >= 0.3 is 0 Å². The maximum absolute atomic E-state index is 4.60. The lowest BCUT2D eigenvalue weighted by atomic mass is 9.54. The highest BCUT2D eigenvalue weighted by Crippen LogP contribution is 2.30. The summed E-state index contributed by atoms with van der Waals surface area (Å²) in [5, 5.41) is 7.41. The molecule has 88 valence electrons. The highest BCUT2D eigenvalue weighted by atomic mass is 31.0. The van der Waals surface area contributed by atoms with Gasteiger partial charge in [0.25, 0.3) is 0 Å². The number of H-pyrrole nitrogens is 1. The highest BCUT2D eigenvalue weighted by molar-refractivity contribution is 7.08. The van der Waals surface area contributed by atoms with Gasteiger partial charge in [0.15, 0.2) is 5.82 Å². The SMILES string of the molecule is CB(C)c1nc(C2CC[N+](C)(P)CC2)n[nH]1. The van der Waals surface area contributed by atoms with Crippen LogP contribution in [0.4, 0.5) is 0 Å². The van der Waals surface area contributed by atoms with Crippen molar-refractivity contribution in [3.05, 3.63) is 5.82 Å². The van der Waals surface area contributed by atoms with Gasteiger partial charge in [-0.15, -0.1) is 0 Å². The van der Waals surface area contributed by atoms with E-state index in [-0.39, 0.29) is 0 Å². The highest BCUT2D eigenvalue weighted by Gasteiger charge is 2.29. The van der Waals surface area contributed by atoms with Crippen molar-refractivity contribution in [1.82, 2.24) is 15.2 Å². The lowest BCUT2D eigenvalue weighted by molar-refractivity contribution is -0.784. The van der Waals surface area contributed by atoms with Gasteiger partial charge in [-0.3, -0.25) is 5.10 Å². The maximum atomic E-state index is 4.60. The Hall–Kier alpha value is -0.405. The minimum Gasteiger partial charge on any atom is -0.317 e. The Morgan fingerprint density at radius 3 is 2.50 bits per heavy atom. The van der Waals surface area contributed by atoms with E-state index in [1.165, 1.54) is 25.9 Å². The summed E-state index contributed by atoms with van der Waals surface area (Å²) in [6.07, 6.45) is 2.38. The molecule has 1 unspecified atom stereocenters. The van der Waals surface area contributed by atoms with Crippen LogP contribution in [-0.2, 0) is 0 Å². The van der Waals surface area contributed by atoms with Crippen molar-refractivity contribution in [3.63, 3.8) is 0 Å². The molecule has 2 rings (SSSR count). The zero-order valence-corrected chi connectivity index (χ0v) is 11.6. The Morgan fingerprint density at radius 2 is 2.00 bits per heavy atom. The number of hydrogen-bond donors (Lipinski definition) is 1. The smallest absolute Gasteiger partial charge is 0.218 e. The molecular weight excluding hydrogens is 218 g/mol. The zero-order chi connectivity index (χ0) is 11.8. The second-order valence-corrected chi connectivity index (χ2v) is 6.68. The molecule has 0 radical (unpaired) electrons. The van der Waals surface area contributed by atoms with Crippen molar-refractivity contribution in [2.75, 3.05) is 20.1 Å². The number of piperidine rings is 1. The van der Waals surface area contributed by atoms with E-state index in [1.807, 2.05) is 0 Å². The molecule has 1 N–H and O–H groups in total. The molecule has 1 aliphatic rings. The first-order valence-corrected chi connectivity index (χ1v) is 6.55. The molecule has 0 saturated carbocycles. The second-order valence-electron chi connectivity index (χ2n) is 5.43. The summed E-state index contributed by atoms with van der Waals surface area (Å²) in [7, 11) is 5.19. The van der Waals surface area contributed by atoms with Crippen molar-refractivity contribution in [1.29, 1.82) is 0 Å². The van der Waals surface area contributed by atoms with E-state index in [0.29, 0.717) is 12.6 Å². The van der Waals surface area contributed by atoms with Crippen LogP contribution < -0.4 is 5.72 Å². The molecule has 16 heavy (non-hydrogen) atoms. The number of quaternary nitrogens is 1. The predicted molar refractivity (Wildman–Crippen MR) is 71.1 cm³/mol. The number of hydrogen-bond acceptors (Lipinski definition) is 2. The number of aromatic amines is 1. The summed E-state index contributed by atoms with van der Waals surface area (Å²) in [6, 6.07) is 0. The van der Waals surface area contributed by atoms with E-state index in [4.69, 9.17) is 0 Å². The molecule has 1 atom stereocenters. The standard InChI is InChI=1S/C10H21BN4P/c1-11(2)10-12-9(13-14-10)8-4-6-15(3,16)7-5-8/h8H,4-7,16H2,1-3H3,(H,12,13,14)/q+1. The van der Waals surface area contributed by atoms with Gasteiger partial charge in [0.2, 0.25) is 6.71 Å². The first-order valence-electron chi connectivity index (χ1n) is 6.03. The van der Waals surface area contributed by atoms with Gasteiger partial charge < -0.3 is 4.25 Å². The lowest BCUT2D eigenvalue weighted by Crippen LogP contribution is -2.40. The monoisotopic (exact) mass is 239 g/mol. The quantitative estimate of drug-likeness (QED) is 0.614. The molecule has 2 heterocycles. The van der Waals surface area contributed by atoms with E-state index in [1.54, 1.807) is 0 Å². The van der Waals surface area contributed by atoms with Gasteiger partial charge in [0.05, 0.1) is 35.3 Å². The minimum atomic E-state index is 0.438. The van der Waals surface area contributed by atoms with Gasteiger partial charge in [-0.05, 0) is 0 Å².